The predicted molar refractivity (Wildman–Crippen MR) is 96.9 cm³/mol. The summed E-state index contributed by atoms with van der Waals surface area (Å²) in [6.45, 7) is 5.17. The number of benzene rings is 1. The van der Waals surface area contributed by atoms with Crippen molar-refractivity contribution in [1.82, 2.24) is 15.3 Å². The number of hydrogen-bond donors (Lipinski definition) is 1. The Morgan fingerprint density at radius 3 is 2.64 bits per heavy atom. The van der Waals surface area contributed by atoms with Gasteiger partial charge in [-0.25, -0.2) is 4.98 Å². The number of nitrogens with zero attached hydrogens (tertiary/aromatic N) is 3. The highest BCUT2D eigenvalue weighted by Crippen LogP contribution is 2.20. The summed E-state index contributed by atoms with van der Waals surface area (Å²) in [5.74, 6) is 2.19. The Kier molecular flexibility index (Phi) is 5.82. The van der Waals surface area contributed by atoms with Crippen LogP contribution in [0.2, 0.25) is 0 Å². The van der Waals surface area contributed by atoms with Gasteiger partial charge in [0, 0.05) is 37.6 Å². The minimum atomic E-state index is -0.0283. The van der Waals surface area contributed by atoms with Crippen molar-refractivity contribution in [3.8, 4) is 5.75 Å². The van der Waals surface area contributed by atoms with Gasteiger partial charge in [0.05, 0.1) is 12.8 Å². The first-order valence-electron chi connectivity index (χ1n) is 8.78. The van der Waals surface area contributed by atoms with Crippen molar-refractivity contribution in [3.63, 3.8) is 0 Å². The fourth-order valence-corrected chi connectivity index (χ4v) is 3.03. The molecule has 3 rings (SSSR count). The third-order valence-electron chi connectivity index (χ3n) is 4.47. The van der Waals surface area contributed by atoms with Crippen LogP contribution in [-0.4, -0.2) is 42.1 Å². The van der Waals surface area contributed by atoms with Gasteiger partial charge in [-0.05, 0) is 49.9 Å². The van der Waals surface area contributed by atoms with Crippen LogP contribution in [0.5, 0.6) is 5.75 Å². The molecule has 6 heteroatoms. The van der Waals surface area contributed by atoms with E-state index in [4.69, 9.17) is 4.74 Å². The van der Waals surface area contributed by atoms with Crippen molar-refractivity contribution in [2.24, 2.45) is 5.92 Å². The molecule has 1 amide bonds. The standard InChI is InChI=1S/C19H24N4O2/c1-2-25-17-5-3-16(4-6-17)19(24)22-13-15-7-11-23(12-8-15)18-14-20-9-10-21-18/h3-6,9-10,14-15H,2,7-8,11-13H2,1H3,(H,22,24). The SMILES string of the molecule is CCOc1ccc(C(=O)NCC2CCN(c3cnccn3)CC2)cc1. The van der Waals surface area contributed by atoms with Gasteiger partial charge in [-0.2, -0.15) is 0 Å². The number of piperidine rings is 1. The Morgan fingerprint density at radius 1 is 1.24 bits per heavy atom. The second kappa shape index (κ2) is 8.46. The lowest BCUT2D eigenvalue weighted by Gasteiger charge is -2.32. The molecule has 6 nitrogen and oxygen atoms in total. The topological polar surface area (TPSA) is 67.3 Å². The van der Waals surface area contributed by atoms with E-state index in [0.717, 1.165) is 37.5 Å². The minimum Gasteiger partial charge on any atom is -0.494 e. The molecule has 1 aliphatic rings. The van der Waals surface area contributed by atoms with Crippen molar-refractivity contribution in [1.29, 1.82) is 0 Å². The molecule has 0 saturated carbocycles. The highest BCUT2D eigenvalue weighted by molar-refractivity contribution is 5.94. The number of ether oxygens (including phenoxy) is 1. The Bertz CT molecular complexity index is 668. The Balaban J connectivity index is 1.44. The second-order valence-electron chi connectivity index (χ2n) is 6.16. The summed E-state index contributed by atoms with van der Waals surface area (Å²) in [5, 5.41) is 3.05. The van der Waals surface area contributed by atoms with E-state index >= 15 is 0 Å². The Labute approximate surface area is 148 Å². The summed E-state index contributed by atoms with van der Waals surface area (Å²) in [6, 6.07) is 7.27. The van der Waals surface area contributed by atoms with Crippen LogP contribution in [0.3, 0.4) is 0 Å². The van der Waals surface area contributed by atoms with Crippen molar-refractivity contribution in [2.45, 2.75) is 19.8 Å². The van der Waals surface area contributed by atoms with Crippen LogP contribution in [0.1, 0.15) is 30.1 Å². The van der Waals surface area contributed by atoms with Gasteiger partial charge in [-0.1, -0.05) is 0 Å². The van der Waals surface area contributed by atoms with Gasteiger partial charge >= 0.3 is 0 Å². The van der Waals surface area contributed by atoms with E-state index in [1.807, 2.05) is 19.1 Å². The van der Waals surface area contributed by atoms with E-state index in [9.17, 15) is 4.79 Å². The van der Waals surface area contributed by atoms with Crippen LogP contribution in [0.25, 0.3) is 0 Å². The van der Waals surface area contributed by atoms with Crippen molar-refractivity contribution in [2.75, 3.05) is 31.1 Å². The van der Waals surface area contributed by atoms with Gasteiger partial charge in [0.15, 0.2) is 0 Å². The normalized spacial score (nSPS) is 15.0. The Morgan fingerprint density at radius 2 is 2.00 bits per heavy atom. The highest BCUT2D eigenvalue weighted by Gasteiger charge is 2.20. The number of amides is 1. The first-order valence-corrected chi connectivity index (χ1v) is 8.78. The van der Waals surface area contributed by atoms with Crippen LogP contribution in [0.15, 0.2) is 42.9 Å². The average molecular weight is 340 g/mol. The molecule has 1 aromatic heterocycles. The molecule has 1 aromatic carbocycles. The average Bonchev–Trinajstić information content (AvgIpc) is 2.68. The van der Waals surface area contributed by atoms with Gasteiger partial charge in [0.2, 0.25) is 0 Å². The fraction of sp³-hybridized carbons (Fsp3) is 0.421. The van der Waals surface area contributed by atoms with E-state index in [1.165, 1.54) is 0 Å². The van der Waals surface area contributed by atoms with Gasteiger partial charge in [0.25, 0.3) is 5.91 Å². The first-order chi connectivity index (χ1) is 12.3. The maximum atomic E-state index is 12.3. The predicted octanol–water partition coefficient (Wildman–Crippen LogP) is 2.52. The zero-order chi connectivity index (χ0) is 17.5. The molecular weight excluding hydrogens is 316 g/mol. The van der Waals surface area contributed by atoms with E-state index in [-0.39, 0.29) is 5.91 Å². The maximum Gasteiger partial charge on any atom is 0.251 e. The molecule has 0 aliphatic carbocycles. The van der Waals surface area contributed by atoms with E-state index in [0.29, 0.717) is 24.6 Å². The summed E-state index contributed by atoms with van der Waals surface area (Å²) in [5.41, 5.74) is 0.667. The summed E-state index contributed by atoms with van der Waals surface area (Å²) in [4.78, 5) is 23.0. The molecule has 0 unspecified atom stereocenters. The van der Waals surface area contributed by atoms with Gasteiger partial charge < -0.3 is 15.0 Å². The molecule has 2 heterocycles. The van der Waals surface area contributed by atoms with Gasteiger partial charge in [-0.15, -0.1) is 0 Å². The Hall–Kier alpha value is -2.63. The number of carbonyl (C=O) groups is 1. The van der Waals surface area contributed by atoms with Crippen molar-refractivity contribution in [3.05, 3.63) is 48.4 Å². The summed E-state index contributed by atoms with van der Waals surface area (Å²) < 4.78 is 5.40. The van der Waals surface area contributed by atoms with Crippen LogP contribution >= 0.6 is 0 Å². The summed E-state index contributed by atoms with van der Waals surface area (Å²) in [6.07, 6.45) is 7.29. The van der Waals surface area contributed by atoms with Crippen LogP contribution in [-0.2, 0) is 0 Å². The summed E-state index contributed by atoms with van der Waals surface area (Å²) >= 11 is 0. The molecule has 25 heavy (non-hydrogen) atoms. The number of nitrogens with one attached hydrogen (secondary N) is 1. The monoisotopic (exact) mass is 340 g/mol. The minimum absolute atomic E-state index is 0.0283. The lowest BCUT2D eigenvalue weighted by Crippen LogP contribution is -2.39. The van der Waals surface area contributed by atoms with Crippen LogP contribution in [0, 0.1) is 5.92 Å². The molecule has 1 aliphatic heterocycles. The number of anilines is 1. The van der Waals surface area contributed by atoms with E-state index < -0.39 is 0 Å². The molecule has 0 spiro atoms. The number of carbonyl (C=O) groups excluding carboxylic acids is 1. The smallest absolute Gasteiger partial charge is 0.251 e. The second-order valence-corrected chi connectivity index (χ2v) is 6.16. The van der Waals surface area contributed by atoms with Gasteiger partial charge in [0.1, 0.15) is 11.6 Å². The van der Waals surface area contributed by atoms with E-state index in [1.54, 1.807) is 30.7 Å². The molecule has 1 N–H and O–H groups in total. The molecule has 0 bridgehead atoms. The molecule has 1 saturated heterocycles. The van der Waals surface area contributed by atoms with Crippen LogP contribution < -0.4 is 15.0 Å². The van der Waals surface area contributed by atoms with Crippen LogP contribution in [0.4, 0.5) is 5.82 Å². The molecule has 0 radical (unpaired) electrons. The molecule has 2 aromatic rings. The quantitative estimate of drug-likeness (QED) is 0.875. The van der Waals surface area contributed by atoms with Crippen molar-refractivity contribution >= 4 is 11.7 Å². The molecule has 132 valence electrons. The zero-order valence-corrected chi connectivity index (χ0v) is 14.5. The number of aromatic nitrogens is 2. The zero-order valence-electron chi connectivity index (χ0n) is 14.5. The van der Waals surface area contributed by atoms with Crippen molar-refractivity contribution < 1.29 is 9.53 Å². The molecule has 0 atom stereocenters. The molecule has 1 fully saturated rings. The first kappa shape index (κ1) is 17.2. The maximum absolute atomic E-state index is 12.3. The third kappa shape index (κ3) is 4.68. The highest BCUT2D eigenvalue weighted by atomic mass is 16.5. The number of hydrogen-bond acceptors (Lipinski definition) is 5. The van der Waals surface area contributed by atoms with E-state index in [2.05, 4.69) is 20.2 Å². The largest absolute Gasteiger partial charge is 0.494 e. The molecular formula is C19H24N4O2. The fourth-order valence-electron chi connectivity index (χ4n) is 3.03. The third-order valence-corrected chi connectivity index (χ3v) is 4.47. The number of rotatable bonds is 6. The lowest BCUT2D eigenvalue weighted by molar-refractivity contribution is 0.0945. The lowest BCUT2D eigenvalue weighted by atomic mass is 9.96. The van der Waals surface area contributed by atoms with Gasteiger partial charge in [-0.3, -0.25) is 9.78 Å². The summed E-state index contributed by atoms with van der Waals surface area (Å²) in [7, 11) is 0.